The number of hydroxylamine groups is 2. The molecule has 0 aromatic rings. The van der Waals surface area contributed by atoms with Gasteiger partial charge in [0.2, 0.25) is 0 Å². The Hall–Kier alpha value is -0.0800. The van der Waals surface area contributed by atoms with Crippen molar-refractivity contribution in [1.29, 1.82) is 0 Å². The van der Waals surface area contributed by atoms with Crippen LogP contribution in [0.25, 0.3) is 0 Å². The van der Waals surface area contributed by atoms with E-state index in [0.717, 1.165) is 0 Å². The summed E-state index contributed by atoms with van der Waals surface area (Å²) in [5.41, 5.74) is 0. The van der Waals surface area contributed by atoms with Crippen LogP contribution >= 0.6 is 0 Å². The van der Waals surface area contributed by atoms with E-state index in [1.807, 2.05) is 6.92 Å². The van der Waals surface area contributed by atoms with E-state index in [-0.39, 0.29) is 6.04 Å². The molecule has 2 atom stereocenters. The van der Waals surface area contributed by atoms with Gasteiger partial charge in [-0.05, 0) is 6.92 Å². The Morgan fingerprint density at radius 3 is 1.62 bits per heavy atom. The van der Waals surface area contributed by atoms with Crippen LogP contribution in [0.2, 0.25) is 0 Å². The second-order valence-electron chi connectivity index (χ2n) is 2.64. The van der Waals surface area contributed by atoms with E-state index < -0.39 is 0 Å². The maximum Gasteiger partial charge on any atom is 0.0864 e. The number of hydrogen-bond acceptors (Lipinski definition) is 1. The molecule has 0 saturated heterocycles. The van der Waals surface area contributed by atoms with Gasteiger partial charge in [0.15, 0.2) is 0 Å². The number of rotatable bonds is 2. The highest BCUT2D eigenvalue weighted by atomic mass is 16.5. The number of nitrogens with one attached hydrogen (secondary N) is 1. The predicted molar refractivity (Wildman–Crippen MR) is 34.6 cm³/mol. The van der Waals surface area contributed by atoms with Crippen LogP contribution in [-0.4, -0.2) is 13.1 Å². The Labute approximate surface area is 51.1 Å². The van der Waals surface area contributed by atoms with Gasteiger partial charge in [-0.1, -0.05) is 13.8 Å². The van der Waals surface area contributed by atoms with Gasteiger partial charge in [-0.15, -0.1) is 0 Å². The van der Waals surface area contributed by atoms with Gasteiger partial charge < -0.3 is 10.3 Å². The Kier molecular flexibility index (Phi) is 3.02. The van der Waals surface area contributed by atoms with Crippen LogP contribution in [0.3, 0.4) is 0 Å². The summed E-state index contributed by atoms with van der Waals surface area (Å²) < 4.78 is 0. The van der Waals surface area contributed by atoms with Crippen molar-refractivity contribution in [3.05, 3.63) is 5.21 Å². The van der Waals surface area contributed by atoms with Crippen LogP contribution in [0.1, 0.15) is 20.8 Å². The standard InChI is InChI=1S/C6H15NO/c1-5(2)6(3)7(4)8/h5-7H,1-4H3/t6-/m0/s1. The molecule has 0 heterocycles. The van der Waals surface area contributed by atoms with Gasteiger partial charge in [-0.25, -0.2) is 0 Å². The van der Waals surface area contributed by atoms with E-state index in [1.165, 1.54) is 0 Å². The largest absolute Gasteiger partial charge is 0.634 e. The van der Waals surface area contributed by atoms with Crippen LogP contribution in [0.15, 0.2) is 0 Å². The minimum atomic E-state index is 0.231. The van der Waals surface area contributed by atoms with Gasteiger partial charge in [-0.3, -0.25) is 0 Å². The summed E-state index contributed by atoms with van der Waals surface area (Å²) >= 11 is 0. The van der Waals surface area contributed by atoms with Crippen LogP contribution < -0.4 is 5.06 Å². The lowest BCUT2D eigenvalue weighted by molar-refractivity contribution is -0.856. The summed E-state index contributed by atoms with van der Waals surface area (Å²) in [5.74, 6) is 0.493. The molecule has 0 amide bonds. The molecule has 8 heavy (non-hydrogen) atoms. The second kappa shape index (κ2) is 3.05. The molecule has 2 heteroatoms. The SMILES string of the molecule is CC(C)[C@H](C)[NH+](C)[O-]. The van der Waals surface area contributed by atoms with Crippen molar-refractivity contribution in [2.24, 2.45) is 5.92 Å². The Morgan fingerprint density at radius 1 is 1.25 bits per heavy atom. The molecule has 0 aliphatic heterocycles. The fraction of sp³-hybridized carbons (Fsp3) is 1.00. The van der Waals surface area contributed by atoms with Gasteiger partial charge in [0.25, 0.3) is 0 Å². The molecular formula is C6H15NO. The minimum Gasteiger partial charge on any atom is -0.634 e. The molecule has 0 aromatic heterocycles. The molecule has 0 aliphatic rings. The molecule has 2 nitrogen and oxygen atoms in total. The fourth-order valence-electron chi connectivity index (χ4n) is 0.469. The third-order valence-corrected chi connectivity index (χ3v) is 1.64. The van der Waals surface area contributed by atoms with Gasteiger partial charge >= 0.3 is 0 Å². The molecule has 0 spiro atoms. The van der Waals surface area contributed by atoms with Gasteiger partial charge in [-0.2, -0.15) is 0 Å². The molecule has 0 bridgehead atoms. The van der Waals surface area contributed by atoms with Crippen molar-refractivity contribution in [3.8, 4) is 0 Å². The molecular weight excluding hydrogens is 102 g/mol. The summed E-state index contributed by atoms with van der Waals surface area (Å²) in [6.07, 6.45) is 0. The summed E-state index contributed by atoms with van der Waals surface area (Å²) in [7, 11) is 1.64. The maximum atomic E-state index is 10.6. The van der Waals surface area contributed by atoms with Gasteiger partial charge in [0.1, 0.15) is 0 Å². The smallest absolute Gasteiger partial charge is 0.0864 e. The van der Waals surface area contributed by atoms with E-state index in [4.69, 9.17) is 0 Å². The predicted octanol–water partition coefficient (Wildman–Crippen LogP) is 0.0434. The van der Waals surface area contributed by atoms with Crippen molar-refractivity contribution in [2.75, 3.05) is 7.05 Å². The highest BCUT2D eigenvalue weighted by Gasteiger charge is 2.08. The first kappa shape index (κ1) is 7.92. The summed E-state index contributed by atoms with van der Waals surface area (Å²) in [4.78, 5) is 0. The number of quaternary nitrogens is 1. The highest BCUT2D eigenvalue weighted by Crippen LogP contribution is 1.93. The monoisotopic (exact) mass is 117 g/mol. The van der Waals surface area contributed by atoms with E-state index in [1.54, 1.807) is 7.05 Å². The number of hydrogen-bond donors (Lipinski definition) is 1. The highest BCUT2D eigenvalue weighted by molar-refractivity contribution is 4.50. The Morgan fingerprint density at radius 2 is 1.62 bits per heavy atom. The first-order valence-electron chi connectivity index (χ1n) is 3.06. The second-order valence-corrected chi connectivity index (χ2v) is 2.64. The molecule has 0 aromatic carbocycles. The van der Waals surface area contributed by atoms with Crippen LogP contribution in [0.4, 0.5) is 0 Å². The fourth-order valence-corrected chi connectivity index (χ4v) is 0.469. The third-order valence-electron chi connectivity index (χ3n) is 1.64. The van der Waals surface area contributed by atoms with Gasteiger partial charge in [0, 0.05) is 5.92 Å². The molecule has 0 radical (unpaired) electrons. The molecule has 50 valence electrons. The molecule has 0 saturated carbocycles. The van der Waals surface area contributed by atoms with E-state index in [9.17, 15) is 5.21 Å². The van der Waals surface area contributed by atoms with Gasteiger partial charge in [0.05, 0.1) is 13.1 Å². The zero-order valence-corrected chi connectivity index (χ0v) is 6.06. The molecule has 0 fully saturated rings. The van der Waals surface area contributed by atoms with Crippen molar-refractivity contribution >= 4 is 0 Å². The van der Waals surface area contributed by atoms with E-state index >= 15 is 0 Å². The molecule has 0 rings (SSSR count). The van der Waals surface area contributed by atoms with Crippen LogP contribution in [-0.2, 0) is 0 Å². The van der Waals surface area contributed by atoms with E-state index in [2.05, 4.69) is 13.8 Å². The molecule has 1 unspecified atom stereocenters. The first-order valence-corrected chi connectivity index (χ1v) is 3.06. The lowest BCUT2D eigenvalue weighted by Gasteiger charge is -2.26. The average molecular weight is 117 g/mol. The quantitative estimate of drug-likeness (QED) is 0.508. The topological polar surface area (TPSA) is 27.5 Å². The van der Waals surface area contributed by atoms with Crippen LogP contribution in [0, 0.1) is 11.1 Å². The third kappa shape index (κ3) is 2.28. The zero-order chi connectivity index (χ0) is 6.73. The van der Waals surface area contributed by atoms with Crippen molar-refractivity contribution in [2.45, 2.75) is 26.8 Å². The van der Waals surface area contributed by atoms with Crippen LogP contribution in [0.5, 0.6) is 0 Å². The van der Waals surface area contributed by atoms with Crippen molar-refractivity contribution in [1.82, 2.24) is 0 Å². The molecule has 0 aliphatic carbocycles. The maximum absolute atomic E-state index is 10.6. The summed E-state index contributed by atoms with van der Waals surface area (Å²) in [6, 6.07) is 0.231. The molecule has 1 N–H and O–H groups in total. The van der Waals surface area contributed by atoms with Crippen molar-refractivity contribution < 1.29 is 5.06 Å². The zero-order valence-electron chi connectivity index (χ0n) is 6.06. The van der Waals surface area contributed by atoms with E-state index in [0.29, 0.717) is 11.0 Å². The Bertz CT molecular complexity index is 53.5. The minimum absolute atomic E-state index is 0.231. The Balaban J connectivity index is 3.46. The lowest BCUT2D eigenvalue weighted by Crippen LogP contribution is -3.08. The summed E-state index contributed by atoms with van der Waals surface area (Å²) in [6.45, 7) is 6.09. The van der Waals surface area contributed by atoms with Crippen molar-refractivity contribution in [3.63, 3.8) is 0 Å². The summed E-state index contributed by atoms with van der Waals surface area (Å²) in [5, 5.41) is 10.9. The normalized spacial score (nSPS) is 18.8. The first-order chi connectivity index (χ1) is 3.55. The lowest BCUT2D eigenvalue weighted by atomic mass is 10.1. The average Bonchev–Trinajstić information content (AvgIpc) is 1.64.